The SMILES string of the molecule is O=C(CCCc1nc(-c2ccccc2)no1)N[C@@H]1CCc2ccccc21. The average molecular weight is 347 g/mol. The maximum absolute atomic E-state index is 12.2. The van der Waals surface area contributed by atoms with Crippen LogP contribution in [0.25, 0.3) is 11.4 Å². The van der Waals surface area contributed by atoms with Gasteiger partial charge in [-0.25, -0.2) is 0 Å². The molecule has 0 unspecified atom stereocenters. The summed E-state index contributed by atoms with van der Waals surface area (Å²) in [6.07, 6.45) is 3.77. The average Bonchev–Trinajstić information content (AvgIpc) is 3.30. The van der Waals surface area contributed by atoms with E-state index in [4.69, 9.17) is 4.52 Å². The zero-order valence-corrected chi connectivity index (χ0v) is 14.5. The fourth-order valence-electron chi connectivity index (χ4n) is 3.43. The van der Waals surface area contributed by atoms with Crippen LogP contribution in [-0.2, 0) is 17.6 Å². The summed E-state index contributed by atoms with van der Waals surface area (Å²) in [6.45, 7) is 0. The van der Waals surface area contributed by atoms with Crippen LogP contribution in [0.4, 0.5) is 0 Å². The minimum atomic E-state index is 0.0782. The van der Waals surface area contributed by atoms with Gasteiger partial charge in [-0.15, -0.1) is 0 Å². The van der Waals surface area contributed by atoms with E-state index in [1.54, 1.807) is 0 Å². The van der Waals surface area contributed by atoms with Gasteiger partial charge in [-0.3, -0.25) is 4.79 Å². The van der Waals surface area contributed by atoms with Crippen LogP contribution in [0.1, 0.15) is 42.3 Å². The Balaban J connectivity index is 1.26. The molecule has 26 heavy (non-hydrogen) atoms. The summed E-state index contributed by atoms with van der Waals surface area (Å²) in [6, 6.07) is 18.2. The molecular formula is C21H21N3O2. The Hall–Kier alpha value is -2.95. The highest BCUT2D eigenvalue weighted by Gasteiger charge is 2.23. The van der Waals surface area contributed by atoms with Crippen LogP contribution < -0.4 is 5.32 Å². The van der Waals surface area contributed by atoms with Gasteiger partial charge in [-0.05, 0) is 30.4 Å². The zero-order valence-electron chi connectivity index (χ0n) is 14.5. The number of carbonyl (C=O) groups is 1. The number of rotatable bonds is 6. The molecule has 1 aliphatic carbocycles. The van der Waals surface area contributed by atoms with E-state index in [1.165, 1.54) is 11.1 Å². The van der Waals surface area contributed by atoms with Gasteiger partial charge in [0, 0.05) is 18.4 Å². The fourth-order valence-corrected chi connectivity index (χ4v) is 3.43. The van der Waals surface area contributed by atoms with Crippen molar-refractivity contribution < 1.29 is 9.32 Å². The van der Waals surface area contributed by atoms with Crippen LogP contribution in [0.15, 0.2) is 59.1 Å². The second-order valence-electron chi connectivity index (χ2n) is 6.59. The van der Waals surface area contributed by atoms with Gasteiger partial charge in [-0.1, -0.05) is 59.8 Å². The molecule has 5 heteroatoms. The minimum Gasteiger partial charge on any atom is -0.349 e. The molecular weight excluding hydrogens is 326 g/mol. The molecule has 5 nitrogen and oxygen atoms in total. The minimum absolute atomic E-state index is 0.0782. The van der Waals surface area contributed by atoms with Crippen LogP contribution >= 0.6 is 0 Å². The first kappa shape index (κ1) is 16.5. The molecule has 1 atom stereocenters. The van der Waals surface area contributed by atoms with Gasteiger partial charge >= 0.3 is 0 Å². The number of aryl methyl sites for hydroxylation is 2. The van der Waals surface area contributed by atoms with Gasteiger partial charge < -0.3 is 9.84 Å². The van der Waals surface area contributed by atoms with Crippen molar-refractivity contribution in [2.75, 3.05) is 0 Å². The number of nitrogens with zero attached hydrogens (tertiary/aromatic N) is 2. The van der Waals surface area contributed by atoms with E-state index >= 15 is 0 Å². The molecule has 1 amide bonds. The van der Waals surface area contributed by atoms with E-state index in [-0.39, 0.29) is 11.9 Å². The summed E-state index contributed by atoms with van der Waals surface area (Å²) in [5, 5.41) is 7.15. The number of fused-ring (bicyclic) bond motifs is 1. The summed E-state index contributed by atoms with van der Waals surface area (Å²) >= 11 is 0. The maximum atomic E-state index is 12.2. The third-order valence-electron chi connectivity index (χ3n) is 4.76. The van der Waals surface area contributed by atoms with Crippen molar-refractivity contribution >= 4 is 5.91 Å². The van der Waals surface area contributed by atoms with E-state index in [0.717, 1.165) is 18.4 Å². The first-order valence-corrected chi connectivity index (χ1v) is 9.05. The largest absolute Gasteiger partial charge is 0.349 e. The highest BCUT2D eigenvalue weighted by molar-refractivity contribution is 5.76. The highest BCUT2D eigenvalue weighted by atomic mass is 16.5. The van der Waals surface area contributed by atoms with E-state index in [0.29, 0.717) is 31.0 Å². The monoisotopic (exact) mass is 347 g/mol. The number of nitrogens with one attached hydrogen (secondary N) is 1. The van der Waals surface area contributed by atoms with Crippen LogP contribution in [0, 0.1) is 0 Å². The van der Waals surface area contributed by atoms with Gasteiger partial charge in [0.05, 0.1) is 6.04 Å². The molecule has 0 saturated heterocycles. The summed E-state index contributed by atoms with van der Waals surface area (Å²) in [4.78, 5) is 16.6. The van der Waals surface area contributed by atoms with E-state index in [1.807, 2.05) is 36.4 Å². The van der Waals surface area contributed by atoms with E-state index in [2.05, 4.69) is 33.7 Å². The predicted molar refractivity (Wildman–Crippen MR) is 98.3 cm³/mol. The van der Waals surface area contributed by atoms with E-state index < -0.39 is 0 Å². The Morgan fingerprint density at radius 3 is 2.81 bits per heavy atom. The van der Waals surface area contributed by atoms with Crippen molar-refractivity contribution in [3.05, 3.63) is 71.6 Å². The standard InChI is InChI=1S/C21H21N3O2/c25-19(22-18-14-13-15-7-4-5-10-17(15)18)11-6-12-20-23-21(24-26-20)16-8-2-1-3-9-16/h1-5,7-10,18H,6,11-14H2,(H,22,25)/t18-/m1/s1. The van der Waals surface area contributed by atoms with Crippen molar-refractivity contribution in [3.8, 4) is 11.4 Å². The number of hydrogen-bond donors (Lipinski definition) is 1. The van der Waals surface area contributed by atoms with Crippen LogP contribution in [-0.4, -0.2) is 16.0 Å². The predicted octanol–water partition coefficient (Wildman–Crippen LogP) is 3.86. The van der Waals surface area contributed by atoms with Gasteiger partial charge in [0.25, 0.3) is 0 Å². The van der Waals surface area contributed by atoms with Gasteiger partial charge in [0.1, 0.15) is 0 Å². The molecule has 1 heterocycles. The molecule has 132 valence electrons. The van der Waals surface area contributed by atoms with Crippen molar-refractivity contribution in [2.24, 2.45) is 0 Å². The van der Waals surface area contributed by atoms with Crippen LogP contribution in [0.2, 0.25) is 0 Å². The van der Waals surface area contributed by atoms with Crippen LogP contribution in [0.3, 0.4) is 0 Å². The number of hydrogen-bond acceptors (Lipinski definition) is 4. The van der Waals surface area contributed by atoms with Crippen LogP contribution in [0.5, 0.6) is 0 Å². The summed E-state index contributed by atoms with van der Waals surface area (Å²) in [5.41, 5.74) is 3.53. The van der Waals surface area contributed by atoms with Gasteiger partial charge in [0.15, 0.2) is 0 Å². The Morgan fingerprint density at radius 1 is 1.12 bits per heavy atom. The first-order valence-electron chi connectivity index (χ1n) is 9.05. The second kappa shape index (κ2) is 7.52. The van der Waals surface area contributed by atoms with Gasteiger partial charge in [-0.2, -0.15) is 4.98 Å². The third-order valence-corrected chi connectivity index (χ3v) is 4.76. The lowest BCUT2D eigenvalue weighted by atomic mass is 10.1. The van der Waals surface area contributed by atoms with Crippen molar-refractivity contribution in [3.63, 3.8) is 0 Å². The van der Waals surface area contributed by atoms with E-state index in [9.17, 15) is 4.79 Å². The molecule has 0 bridgehead atoms. The quantitative estimate of drug-likeness (QED) is 0.735. The fraction of sp³-hybridized carbons (Fsp3) is 0.286. The topological polar surface area (TPSA) is 68.0 Å². The Kier molecular flexibility index (Phi) is 4.78. The molecule has 0 fully saturated rings. The van der Waals surface area contributed by atoms with Crippen molar-refractivity contribution in [2.45, 2.75) is 38.1 Å². The number of aromatic nitrogens is 2. The lowest BCUT2D eigenvalue weighted by Crippen LogP contribution is -2.26. The molecule has 0 spiro atoms. The molecule has 4 rings (SSSR count). The number of benzene rings is 2. The first-order chi connectivity index (χ1) is 12.8. The summed E-state index contributed by atoms with van der Waals surface area (Å²) < 4.78 is 5.29. The molecule has 2 aromatic carbocycles. The molecule has 0 aliphatic heterocycles. The summed E-state index contributed by atoms with van der Waals surface area (Å²) in [7, 11) is 0. The normalized spacial score (nSPS) is 15.6. The number of carbonyl (C=O) groups excluding carboxylic acids is 1. The number of amides is 1. The molecule has 0 saturated carbocycles. The second-order valence-corrected chi connectivity index (χ2v) is 6.59. The lowest BCUT2D eigenvalue weighted by Gasteiger charge is -2.13. The Labute approximate surface area is 152 Å². The molecule has 3 aromatic rings. The summed E-state index contributed by atoms with van der Waals surface area (Å²) in [5.74, 6) is 1.24. The van der Waals surface area contributed by atoms with Crippen molar-refractivity contribution in [1.29, 1.82) is 0 Å². The zero-order chi connectivity index (χ0) is 17.8. The Morgan fingerprint density at radius 2 is 1.92 bits per heavy atom. The molecule has 1 aromatic heterocycles. The maximum Gasteiger partial charge on any atom is 0.226 e. The molecule has 1 N–H and O–H groups in total. The molecule has 1 aliphatic rings. The highest BCUT2D eigenvalue weighted by Crippen LogP contribution is 2.30. The van der Waals surface area contributed by atoms with Gasteiger partial charge in [0.2, 0.25) is 17.6 Å². The molecule has 0 radical (unpaired) electrons. The lowest BCUT2D eigenvalue weighted by molar-refractivity contribution is -0.121. The Bertz CT molecular complexity index is 889. The third kappa shape index (κ3) is 3.67. The van der Waals surface area contributed by atoms with Crippen molar-refractivity contribution in [1.82, 2.24) is 15.5 Å². The smallest absolute Gasteiger partial charge is 0.226 e.